The lowest BCUT2D eigenvalue weighted by Gasteiger charge is -2.19. The van der Waals surface area contributed by atoms with Crippen molar-refractivity contribution < 1.29 is 4.79 Å². The molecule has 1 saturated heterocycles. The van der Waals surface area contributed by atoms with E-state index in [1.54, 1.807) is 17.3 Å². The highest BCUT2D eigenvalue weighted by atomic mass is 16.2. The fourth-order valence-electron chi connectivity index (χ4n) is 2.80. The zero-order valence-electron chi connectivity index (χ0n) is 13.5. The van der Waals surface area contributed by atoms with Gasteiger partial charge in [0.25, 0.3) is 5.91 Å². The molecule has 1 amide bonds. The summed E-state index contributed by atoms with van der Waals surface area (Å²) in [6.07, 6.45) is 6.66. The average Bonchev–Trinajstić information content (AvgIpc) is 3.15. The van der Waals surface area contributed by atoms with Gasteiger partial charge in [-0.15, -0.1) is 0 Å². The minimum atomic E-state index is 0.00130. The van der Waals surface area contributed by atoms with Gasteiger partial charge in [0.05, 0.1) is 5.56 Å². The van der Waals surface area contributed by atoms with Gasteiger partial charge in [-0.3, -0.25) is 9.78 Å². The van der Waals surface area contributed by atoms with E-state index in [0.29, 0.717) is 12.1 Å². The molecule has 0 spiro atoms. The van der Waals surface area contributed by atoms with Crippen molar-refractivity contribution in [2.75, 3.05) is 31.6 Å². The lowest BCUT2D eigenvalue weighted by Crippen LogP contribution is -2.29. The summed E-state index contributed by atoms with van der Waals surface area (Å²) < 4.78 is 0. The van der Waals surface area contributed by atoms with Crippen LogP contribution in [0.15, 0.2) is 42.7 Å². The third kappa shape index (κ3) is 3.86. The molecule has 0 aromatic carbocycles. The highest BCUT2D eigenvalue weighted by Gasteiger charge is 2.16. The fourth-order valence-corrected chi connectivity index (χ4v) is 2.80. The minimum absolute atomic E-state index is 0.00130. The molecule has 1 fully saturated rings. The van der Waals surface area contributed by atoms with Crippen molar-refractivity contribution in [2.45, 2.75) is 19.3 Å². The molecule has 5 nitrogen and oxygen atoms in total. The van der Waals surface area contributed by atoms with Gasteiger partial charge in [-0.25, -0.2) is 4.98 Å². The smallest absolute Gasteiger partial charge is 0.255 e. The Hall–Kier alpha value is -2.43. The minimum Gasteiger partial charge on any atom is -0.357 e. The lowest BCUT2D eigenvalue weighted by molar-refractivity contribution is 0.0796. The Balaban J connectivity index is 1.58. The Bertz CT molecular complexity index is 636. The number of aromatic nitrogens is 2. The maximum absolute atomic E-state index is 12.5. The molecule has 23 heavy (non-hydrogen) atoms. The van der Waals surface area contributed by atoms with Crippen LogP contribution in [0.3, 0.4) is 0 Å². The van der Waals surface area contributed by atoms with Crippen molar-refractivity contribution >= 4 is 11.7 Å². The number of pyridine rings is 2. The molecule has 3 heterocycles. The number of carbonyl (C=O) groups excluding carboxylic acids is 1. The molecule has 5 heteroatoms. The van der Waals surface area contributed by atoms with Gasteiger partial charge < -0.3 is 9.80 Å². The number of hydrogen-bond donors (Lipinski definition) is 0. The molecule has 1 aliphatic heterocycles. The standard InChI is InChI=1S/C18H22N4O/c1-21(13-9-16-6-2-3-10-19-16)18(23)15-7-8-17(20-14-15)22-11-4-5-12-22/h2-3,6-8,10,14H,4-5,9,11-13H2,1H3. The second kappa shape index (κ2) is 7.22. The van der Waals surface area contributed by atoms with Crippen molar-refractivity contribution in [2.24, 2.45) is 0 Å². The summed E-state index contributed by atoms with van der Waals surface area (Å²) in [5, 5.41) is 0. The molecule has 0 bridgehead atoms. The summed E-state index contributed by atoms with van der Waals surface area (Å²) in [5.41, 5.74) is 1.63. The van der Waals surface area contributed by atoms with Gasteiger partial charge in [-0.1, -0.05) is 6.07 Å². The molecule has 0 saturated carbocycles. The maximum Gasteiger partial charge on any atom is 0.255 e. The van der Waals surface area contributed by atoms with Gasteiger partial charge in [0.15, 0.2) is 0 Å². The predicted molar refractivity (Wildman–Crippen MR) is 90.6 cm³/mol. The van der Waals surface area contributed by atoms with Crippen molar-refractivity contribution in [3.05, 3.63) is 54.0 Å². The number of carbonyl (C=O) groups is 1. The molecule has 2 aromatic heterocycles. The van der Waals surface area contributed by atoms with Crippen molar-refractivity contribution in [3.63, 3.8) is 0 Å². The number of amides is 1. The molecule has 0 atom stereocenters. The van der Waals surface area contributed by atoms with Crippen LogP contribution in [0.5, 0.6) is 0 Å². The lowest BCUT2D eigenvalue weighted by atomic mass is 10.2. The quantitative estimate of drug-likeness (QED) is 0.851. The third-order valence-corrected chi connectivity index (χ3v) is 4.20. The summed E-state index contributed by atoms with van der Waals surface area (Å²) >= 11 is 0. The molecule has 0 aliphatic carbocycles. The molecule has 120 valence electrons. The second-order valence-electron chi connectivity index (χ2n) is 5.90. The number of rotatable bonds is 5. The van der Waals surface area contributed by atoms with E-state index in [1.807, 2.05) is 37.4 Å². The zero-order valence-corrected chi connectivity index (χ0v) is 13.5. The summed E-state index contributed by atoms with van der Waals surface area (Å²) in [4.78, 5) is 25.2. The monoisotopic (exact) mass is 310 g/mol. The van der Waals surface area contributed by atoms with Crippen molar-refractivity contribution in [1.82, 2.24) is 14.9 Å². The number of likely N-dealkylation sites (N-methyl/N-ethyl adjacent to an activating group) is 1. The van der Waals surface area contributed by atoms with Crippen LogP contribution in [0.25, 0.3) is 0 Å². The molecular formula is C18H22N4O. The number of hydrogen-bond acceptors (Lipinski definition) is 4. The first-order chi connectivity index (χ1) is 11.2. The number of nitrogens with zero attached hydrogens (tertiary/aromatic N) is 4. The van der Waals surface area contributed by atoms with E-state index in [4.69, 9.17) is 0 Å². The largest absolute Gasteiger partial charge is 0.357 e. The SMILES string of the molecule is CN(CCc1ccccn1)C(=O)c1ccc(N2CCCC2)nc1. The molecule has 1 aliphatic rings. The normalized spacial score (nSPS) is 14.0. The van der Waals surface area contributed by atoms with Crippen LogP contribution >= 0.6 is 0 Å². The van der Waals surface area contributed by atoms with E-state index in [-0.39, 0.29) is 5.91 Å². The Morgan fingerprint density at radius 2 is 2.00 bits per heavy atom. The van der Waals surface area contributed by atoms with Gasteiger partial charge in [0, 0.05) is 51.2 Å². The van der Waals surface area contributed by atoms with Crippen LogP contribution in [0.1, 0.15) is 28.9 Å². The first-order valence-electron chi connectivity index (χ1n) is 8.10. The Labute approximate surface area is 137 Å². The van der Waals surface area contributed by atoms with Gasteiger partial charge in [-0.2, -0.15) is 0 Å². The topological polar surface area (TPSA) is 49.3 Å². The highest BCUT2D eigenvalue weighted by molar-refractivity contribution is 5.93. The summed E-state index contributed by atoms with van der Waals surface area (Å²) in [5.74, 6) is 0.969. The molecule has 0 unspecified atom stereocenters. The van der Waals surface area contributed by atoms with Crippen LogP contribution in [0.2, 0.25) is 0 Å². The van der Waals surface area contributed by atoms with Crippen LogP contribution in [-0.2, 0) is 6.42 Å². The molecule has 3 rings (SSSR count). The summed E-state index contributed by atoms with van der Waals surface area (Å²) in [6, 6.07) is 9.66. The van der Waals surface area contributed by atoms with E-state index in [1.165, 1.54) is 12.8 Å². The Morgan fingerprint density at radius 1 is 1.17 bits per heavy atom. The Morgan fingerprint density at radius 3 is 2.65 bits per heavy atom. The predicted octanol–water partition coefficient (Wildman–Crippen LogP) is 2.39. The van der Waals surface area contributed by atoms with Gasteiger partial charge in [0.1, 0.15) is 5.82 Å². The number of anilines is 1. The van der Waals surface area contributed by atoms with E-state index >= 15 is 0 Å². The van der Waals surface area contributed by atoms with Crippen LogP contribution in [0, 0.1) is 0 Å². The van der Waals surface area contributed by atoms with Gasteiger partial charge in [0.2, 0.25) is 0 Å². The van der Waals surface area contributed by atoms with E-state index in [2.05, 4.69) is 14.9 Å². The molecule has 2 aromatic rings. The molecular weight excluding hydrogens is 288 g/mol. The van der Waals surface area contributed by atoms with Crippen molar-refractivity contribution in [1.29, 1.82) is 0 Å². The third-order valence-electron chi connectivity index (χ3n) is 4.20. The average molecular weight is 310 g/mol. The van der Waals surface area contributed by atoms with Crippen LogP contribution in [-0.4, -0.2) is 47.5 Å². The molecule has 0 N–H and O–H groups in total. The van der Waals surface area contributed by atoms with Gasteiger partial charge >= 0.3 is 0 Å². The summed E-state index contributed by atoms with van der Waals surface area (Å²) in [6.45, 7) is 2.76. The van der Waals surface area contributed by atoms with Gasteiger partial charge in [-0.05, 0) is 37.1 Å². The molecule has 0 radical (unpaired) electrons. The summed E-state index contributed by atoms with van der Waals surface area (Å²) in [7, 11) is 1.82. The fraction of sp³-hybridized carbons (Fsp3) is 0.389. The van der Waals surface area contributed by atoms with Crippen LogP contribution < -0.4 is 4.90 Å². The maximum atomic E-state index is 12.5. The van der Waals surface area contributed by atoms with E-state index in [9.17, 15) is 4.79 Å². The Kier molecular flexibility index (Phi) is 4.86. The second-order valence-corrected chi connectivity index (χ2v) is 5.90. The first kappa shape index (κ1) is 15.5. The first-order valence-corrected chi connectivity index (χ1v) is 8.10. The van der Waals surface area contributed by atoms with E-state index in [0.717, 1.165) is 31.0 Å². The van der Waals surface area contributed by atoms with E-state index < -0.39 is 0 Å². The zero-order chi connectivity index (χ0) is 16.1. The van der Waals surface area contributed by atoms with Crippen molar-refractivity contribution in [3.8, 4) is 0 Å². The van der Waals surface area contributed by atoms with Crippen LogP contribution in [0.4, 0.5) is 5.82 Å². The highest BCUT2D eigenvalue weighted by Crippen LogP contribution is 2.18.